The summed E-state index contributed by atoms with van der Waals surface area (Å²) in [5, 5.41) is 23.2. The number of hydrogen-bond acceptors (Lipinski definition) is 8. The molecule has 4 heterocycles. The molecule has 3 aromatic heterocycles. The van der Waals surface area contributed by atoms with Crippen LogP contribution in [0.3, 0.4) is 0 Å². The lowest BCUT2D eigenvalue weighted by atomic mass is 10.1. The Bertz CT molecular complexity index is 884. The van der Waals surface area contributed by atoms with E-state index in [1.807, 2.05) is 10.7 Å². The molecule has 0 saturated carbocycles. The van der Waals surface area contributed by atoms with Gasteiger partial charge in [-0.25, -0.2) is 0 Å². The summed E-state index contributed by atoms with van der Waals surface area (Å²) in [5.41, 5.74) is 2.40. The van der Waals surface area contributed by atoms with Gasteiger partial charge < -0.3 is 14.4 Å². The molecule has 3 aromatic rings. The van der Waals surface area contributed by atoms with E-state index in [0.717, 1.165) is 24.5 Å². The van der Waals surface area contributed by atoms with Crippen LogP contribution >= 0.6 is 0 Å². The summed E-state index contributed by atoms with van der Waals surface area (Å²) in [6, 6.07) is 3.74. The van der Waals surface area contributed by atoms with Gasteiger partial charge in [-0.1, -0.05) is 5.16 Å². The van der Waals surface area contributed by atoms with Gasteiger partial charge in [-0.05, 0) is 12.1 Å². The highest BCUT2D eigenvalue weighted by Gasteiger charge is 2.24. The molecular weight excluding hydrogens is 338 g/mol. The van der Waals surface area contributed by atoms with Crippen LogP contribution in [0.1, 0.15) is 34.9 Å². The SMILES string of the molecule is COCc1nc(CN2CCn3nc(C(O)c4ccnn4C)cc3C2)no1. The number of methoxy groups -OCH3 is 1. The Morgan fingerprint density at radius 1 is 1.38 bits per heavy atom. The van der Waals surface area contributed by atoms with Gasteiger partial charge in [-0.15, -0.1) is 0 Å². The summed E-state index contributed by atoms with van der Waals surface area (Å²) < 4.78 is 13.7. The Labute approximate surface area is 150 Å². The first-order valence-corrected chi connectivity index (χ1v) is 8.39. The van der Waals surface area contributed by atoms with Crippen molar-refractivity contribution >= 4 is 0 Å². The second kappa shape index (κ2) is 6.98. The predicted octanol–water partition coefficient (Wildman–Crippen LogP) is 0.243. The van der Waals surface area contributed by atoms with E-state index in [4.69, 9.17) is 9.26 Å². The lowest BCUT2D eigenvalue weighted by molar-refractivity contribution is 0.151. The molecule has 0 bridgehead atoms. The standard InChI is InChI=1S/C16H21N7O3/c1-21-13(3-4-17-21)16(24)12-7-11-8-22(5-6-23(11)19-12)9-14-18-15(10-25-2)26-20-14/h3-4,7,16,24H,5-6,8-10H2,1-2H3. The van der Waals surface area contributed by atoms with Crippen molar-refractivity contribution in [2.75, 3.05) is 13.7 Å². The molecule has 0 amide bonds. The average molecular weight is 359 g/mol. The Hall–Kier alpha value is -2.56. The van der Waals surface area contributed by atoms with Gasteiger partial charge in [0, 0.05) is 33.4 Å². The maximum absolute atomic E-state index is 10.6. The van der Waals surface area contributed by atoms with Crippen LogP contribution in [0.2, 0.25) is 0 Å². The molecule has 0 aromatic carbocycles. The van der Waals surface area contributed by atoms with Gasteiger partial charge in [0.05, 0.1) is 30.2 Å². The van der Waals surface area contributed by atoms with Crippen molar-refractivity contribution in [3.8, 4) is 0 Å². The van der Waals surface area contributed by atoms with E-state index in [0.29, 0.717) is 37.1 Å². The van der Waals surface area contributed by atoms with Gasteiger partial charge in [0.1, 0.15) is 12.7 Å². The Kier molecular flexibility index (Phi) is 4.53. The highest BCUT2D eigenvalue weighted by molar-refractivity contribution is 5.22. The van der Waals surface area contributed by atoms with E-state index in [-0.39, 0.29) is 0 Å². The molecule has 26 heavy (non-hydrogen) atoms. The minimum absolute atomic E-state index is 0.315. The zero-order valence-electron chi connectivity index (χ0n) is 14.7. The molecule has 0 spiro atoms. The second-order valence-electron chi connectivity index (χ2n) is 6.31. The third kappa shape index (κ3) is 3.26. The number of aromatic nitrogens is 6. The number of aliphatic hydroxyl groups excluding tert-OH is 1. The highest BCUT2D eigenvalue weighted by Crippen LogP contribution is 2.23. The molecule has 1 N–H and O–H groups in total. The molecule has 0 saturated heterocycles. The topological polar surface area (TPSA) is 107 Å². The van der Waals surface area contributed by atoms with Gasteiger partial charge in [0.2, 0.25) is 0 Å². The van der Waals surface area contributed by atoms with E-state index in [2.05, 4.69) is 25.2 Å². The van der Waals surface area contributed by atoms with Crippen molar-refractivity contribution in [1.82, 2.24) is 34.6 Å². The number of ether oxygens (including phenoxy) is 1. The molecule has 0 fully saturated rings. The molecule has 138 valence electrons. The van der Waals surface area contributed by atoms with Crippen LogP contribution in [-0.4, -0.2) is 53.4 Å². The first kappa shape index (κ1) is 16.9. The zero-order chi connectivity index (χ0) is 18.1. The fourth-order valence-electron chi connectivity index (χ4n) is 3.15. The van der Waals surface area contributed by atoms with E-state index in [9.17, 15) is 5.11 Å². The van der Waals surface area contributed by atoms with E-state index >= 15 is 0 Å². The fourth-order valence-corrected chi connectivity index (χ4v) is 3.15. The number of nitrogens with zero attached hydrogens (tertiary/aromatic N) is 7. The van der Waals surface area contributed by atoms with Crippen LogP contribution in [-0.2, 0) is 38.0 Å². The normalized spacial score (nSPS) is 16.0. The molecule has 0 aliphatic carbocycles. The van der Waals surface area contributed by atoms with Gasteiger partial charge >= 0.3 is 0 Å². The summed E-state index contributed by atoms with van der Waals surface area (Å²) >= 11 is 0. The van der Waals surface area contributed by atoms with Crippen LogP contribution in [0, 0.1) is 0 Å². The molecular formula is C16H21N7O3. The average Bonchev–Trinajstić information content (AvgIpc) is 3.34. The summed E-state index contributed by atoms with van der Waals surface area (Å²) in [5.74, 6) is 1.12. The first-order chi connectivity index (χ1) is 12.6. The van der Waals surface area contributed by atoms with Crippen LogP contribution in [0.15, 0.2) is 22.9 Å². The first-order valence-electron chi connectivity index (χ1n) is 8.39. The number of aryl methyl sites for hydroxylation is 1. The number of hydrogen-bond donors (Lipinski definition) is 1. The van der Waals surface area contributed by atoms with Gasteiger partial charge in [0.15, 0.2) is 5.82 Å². The Balaban J connectivity index is 1.45. The predicted molar refractivity (Wildman–Crippen MR) is 88.6 cm³/mol. The van der Waals surface area contributed by atoms with E-state index in [1.165, 1.54) is 0 Å². The third-order valence-electron chi connectivity index (χ3n) is 4.46. The van der Waals surface area contributed by atoms with Crippen molar-refractivity contribution in [1.29, 1.82) is 0 Å². The molecule has 1 unspecified atom stereocenters. The molecule has 10 nitrogen and oxygen atoms in total. The minimum atomic E-state index is -0.789. The Morgan fingerprint density at radius 3 is 3.04 bits per heavy atom. The summed E-state index contributed by atoms with van der Waals surface area (Å²) in [4.78, 5) is 6.53. The van der Waals surface area contributed by atoms with Crippen LogP contribution in [0.5, 0.6) is 0 Å². The summed E-state index contributed by atoms with van der Waals surface area (Å²) in [6.07, 6.45) is 0.877. The van der Waals surface area contributed by atoms with Crippen molar-refractivity contribution in [2.24, 2.45) is 7.05 Å². The van der Waals surface area contributed by atoms with E-state index in [1.54, 1.807) is 31.1 Å². The smallest absolute Gasteiger partial charge is 0.252 e. The lowest BCUT2D eigenvalue weighted by Gasteiger charge is -2.26. The van der Waals surface area contributed by atoms with Crippen LogP contribution in [0.4, 0.5) is 0 Å². The third-order valence-corrected chi connectivity index (χ3v) is 4.46. The zero-order valence-corrected chi connectivity index (χ0v) is 14.7. The van der Waals surface area contributed by atoms with Gasteiger partial charge in [0.25, 0.3) is 5.89 Å². The summed E-state index contributed by atoms with van der Waals surface area (Å²) in [7, 11) is 3.40. The van der Waals surface area contributed by atoms with Crippen molar-refractivity contribution in [3.05, 3.63) is 47.1 Å². The van der Waals surface area contributed by atoms with Gasteiger partial charge in [-0.3, -0.25) is 14.3 Å². The van der Waals surface area contributed by atoms with Crippen molar-refractivity contribution < 1.29 is 14.4 Å². The Morgan fingerprint density at radius 2 is 2.27 bits per heavy atom. The highest BCUT2D eigenvalue weighted by atomic mass is 16.5. The van der Waals surface area contributed by atoms with Crippen LogP contribution < -0.4 is 0 Å². The molecule has 1 aliphatic rings. The molecule has 10 heteroatoms. The molecule has 1 aliphatic heterocycles. The van der Waals surface area contributed by atoms with E-state index < -0.39 is 6.10 Å². The molecule has 4 rings (SSSR count). The second-order valence-corrected chi connectivity index (χ2v) is 6.31. The number of aliphatic hydroxyl groups is 1. The van der Waals surface area contributed by atoms with Crippen molar-refractivity contribution in [2.45, 2.75) is 32.3 Å². The minimum Gasteiger partial charge on any atom is -0.380 e. The number of rotatable bonds is 6. The lowest BCUT2D eigenvalue weighted by Crippen LogP contribution is -2.33. The maximum Gasteiger partial charge on any atom is 0.252 e. The molecule has 0 radical (unpaired) electrons. The molecule has 1 atom stereocenters. The largest absolute Gasteiger partial charge is 0.380 e. The van der Waals surface area contributed by atoms with Crippen molar-refractivity contribution in [3.63, 3.8) is 0 Å². The maximum atomic E-state index is 10.6. The summed E-state index contributed by atoms with van der Waals surface area (Å²) in [6.45, 7) is 3.19. The van der Waals surface area contributed by atoms with Gasteiger partial charge in [-0.2, -0.15) is 15.2 Å². The fraction of sp³-hybridized carbons (Fsp3) is 0.500. The van der Waals surface area contributed by atoms with Crippen LogP contribution in [0.25, 0.3) is 0 Å². The number of fused-ring (bicyclic) bond motifs is 1. The quantitative estimate of drug-likeness (QED) is 0.667. The monoisotopic (exact) mass is 359 g/mol.